The first kappa shape index (κ1) is 17.0. The number of rotatable bonds is 9. The van der Waals surface area contributed by atoms with E-state index in [0.717, 1.165) is 44.1 Å². The Bertz CT molecular complexity index is 453. The molecule has 0 spiro atoms. The Balaban J connectivity index is 1.83. The third-order valence-electron chi connectivity index (χ3n) is 4.17. The van der Waals surface area contributed by atoms with Crippen molar-refractivity contribution in [1.29, 1.82) is 0 Å². The second-order valence-electron chi connectivity index (χ2n) is 5.96. The summed E-state index contributed by atoms with van der Waals surface area (Å²) in [6.07, 6.45) is 4.81. The van der Waals surface area contributed by atoms with Gasteiger partial charge in [0.2, 0.25) is 5.91 Å². The number of nitrogens with one attached hydrogen (secondary N) is 1. The van der Waals surface area contributed by atoms with E-state index in [1.54, 1.807) is 7.11 Å². The van der Waals surface area contributed by atoms with E-state index in [2.05, 4.69) is 10.2 Å². The van der Waals surface area contributed by atoms with Gasteiger partial charge in [0, 0.05) is 26.7 Å². The molecule has 0 saturated carbocycles. The van der Waals surface area contributed by atoms with Crippen LogP contribution in [0.5, 0.6) is 0 Å². The highest BCUT2D eigenvalue weighted by Gasteiger charge is 2.26. The summed E-state index contributed by atoms with van der Waals surface area (Å²) >= 11 is 0. The molecule has 1 atom stereocenters. The summed E-state index contributed by atoms with van der Waals surface area (Å²) in [5.74, 6) is 1.99. The molecule has 1 aliphatic rings. The molecule has 0 aromatic carbocycles. The largest absolute Gasteiger partial charge is 0.465 e. The highest BCUT2D eigenvalue weighted by atomic mass is 16.5. The molecule has 0 radical (unpaired) electrons. The maximum Gasteiger partial charge on any atom is 0.220 e. The van der Waals surface area contributed by atoms with E-state index in [9.17, 15) is 4.79 Å². The van der Waals surface area contributed by atoms with E-state index in [-0.39, 0.29) is 11.9 Å². The van der Waals surface area contributed by atoms with Crippen LogP contribution in [0.2, 0.25) is 0 Å². The molecular weight excluding hydrogens is 280 g/mol. The van der Waals surface area contributed by atoms with E-state index in [1.165, 1.54) is 12.8 Å². The number of carbonyl (C=O) groups is 1. The van der Waals surface area contributed by atoms with Crippen LogP contribution in [-0.4, -0.2) is 44.2 Å². The second kappa shape index (κ2) is 8.96. The van der Waals surface area contributed by atoms with Crippen LogP contribution in [0.1, 0.15) is 49.7 Å². The van der Waals surface area contributed by atoms with Gasteiger partial charge in [0.1, 0.15) is 11.5 Å². The van der Waals surface area contributed by atoms with E-state index >= 15 is 0 Å². The average molecular weight is 308 g/mol. The molecule has 5 heteroatoms. The van der Waals surface area contributed by atoms with Crippen LogP contribution in [0.15, 0.2) is 16.5 Å². The zero-order valence-corrected chi connectivity index (χ0v) is 13.8. The molecule has 1 aromatic heterocycles. The molecule has 1 fully saturated rings. The fourth-order valence-corrected chi connectivity index (χ4v) is 2.93. The number of methoxy groups -OCH3 is 1. The van der Waals surface area contributed by atoms with E-state index in [4.69, 9.17) is 9.15 Å². The fraction of sp³-hybridized carbons (Fsp3) is 0.706. The van der Waals surface area contributed by atoms with Crippen molar-refractivity contribution < 1.29 is 13.9 Å². The molecule has 1 N–H and O–H groups in total. The molecule has 5 nitrogen and oxygen atoms in total. The van der Waals surface area contributed by atoms with Crippen molar-refractivity contribution in [3.8, 4) is 0 Å². The lowest BCUT2D eigenvalue weighted by molar-refractivity contribution is -0.121. The van der Waals surface area contributed by atoms with Crippen molar-refractivity contribution in [2.24, 2.45) is 0 Å². The normalized spacial score (nSPS) is 16.8. The summed E-state index contributed by atoms with van der Waals surface area (Å²) in [5.41, 5.74) is 0. The zero-order valence-electron chi connectivity index (χ0n) is 13.8. The van der Waals surface area contributed by atoms with Gasteiger partial charge in [0.15, 0.2) is 0 Å². The van der Waals surface area contributed by atoms with Gasteiger partial charge in [0.25, 0.3) is 0 Å². The zero-order chi connectivity index (χ0) is 15.8. The monoisotopic (exact) mass is 308 g/mol. The molecule has 2 heterocycles. The Kier molecular flexibility index (Phi) is 6.93. The number of hydrogen-bond donors (Lipinski definition) is 1. The molecule has 124 valence electrons. The van der Waals surface area contributed by atoms with Gasteiger partial charge in [-0.15, -0.1) is 0 Å². The van der Waals surface area contributed by atoms with Gasteiger partial charge in [-0.2, -0.15) is 0 Å². The number of furan rings is 1. The lowest BCUT2D eigenvalue weighted by Crippen LogP contribution is -2.36. The van der Waals surface area contributed by atoms with Crippen molar-refractivity contribution in [1.82, 2.24) is 10.2 Å². The summed E-state index contributed by atoms with van der Waals surface area (Å²) < 4.78 is 10.8. The molecule has 2 rings (SSSR count). The van der Waals surface area contributed by atoms with Crippen LogP contribution in [-0.2, 0) is 9.53 Å². The predicted octanol–water partition coefficient (Wildman–Crippen LogP) is 2.66. The molecular formula is C17H28N2O3. The van der Waals surface area contributed by atoms with Gasteiger partial charge in [-0.1, -0.05) is 0 Å². The number of carbonyl (C=O) groups excluding carboxylic acids is 1. The SMILES string of the molecule is COCCCCC(=O)NCC(c1ccc(C)o1)N1CCCC1. The highest BCUT2D eigenvalue weighted by Crippen LogP contribution is 2.26. The maximum absolute atomic E-state index is 12.0. The van der Waals surface area contributed by atoms with Crippen LogP contribution in [0.3, 0.4) is 0 Å². The number of ether oxygens (including phenoxy) is 1. The molecule has 0 aliphatic carbocycles. The summed E-state index contributed by atoms with van der Waals surface area (Å²) in [5, 5.41) is 3.06. The first-order valence-electron chi connectivity index (χ1n) is 8.26. The smallest absolute Gasteiger partial charge is 0.220 e. The van der Waals surface area contributed by atoms with Crippen LogP contribution in [0.4, 0.5) is 0 Å². The van der Waals surface area contributed by atoms with Crippen LogP contribution < -0.4 is 5.32 Å². The van der Waals surface area contributed by atoms with Crippen molar-refractivity contribution in [3.05, 3.63) is 23.7 Å². The van der Waals surface area contributed by atoms with Gasteiger partial charge in [-0.05, 0) is 57.8 Å². The number of unbranched alkanes of at least 4 members (excludes halogenated alkanes) is 1. The summed E-state index contributed by atoms with van der Waals surface area (Å²) in [4.78, 5) is 14.4. The van der Waals surface area contributed by atoms with Crippen LogP contribution in [0, 0.1) is 6.92 Å². The van der Waals surface area contributed by atoms with Crippen LogP contribution >= 0.6 is 0 Å². The molecule has 1 unspecified atom stereocenters. The predicted molar refractivity (Wildman–Crippen MR) is 85.7 cm³/mol. The average Bonchev–Trinajstić information content (AvgIpc) is 3.16. The lowest BCUT2D eigenvalue weighted by atomic mass is 10.2. The lowest BCUT2D eigenvalue weighted by Gasteiger charge is -2.26. The number of aryl methyl sites for hydroxylation is 1. The molecule has 1 aliphatic heterocycles. The Hall–Kier alpha value is -1.33. The Labute approximate surface area is 133 Å². The van der Waals surface area contributed by atoms with Crippen molar-refractivity contribution in [3.63, 3.8) is 0 Å². The second-order valence-corrected chi connectivity index (χ2v) is 5.96. The topological polar surface area (TPSA) is 54.7 Å². The van der Waals surface area contributed by atoms with Crippen molar-refractivity contribution in [2.45, 2.75) is 45.1 Å². The number of nitrogens with zero attached hydrogens (tertiary/aromatic N) is 1. The Morgan fingerprint density at radius 1 is 1.36 bits per heavy atom. The maximum atomic E-state index is 12.0. The van der Waals surface area contributed by atoms with E-state index in [0.29, 0.717) is 13.0 Å². The standard InChI is InChI=1S/C17H28N2O3/c1-14-8-9-16(22-14)15(19-10-4-5-11-19)13-18-17(20)7-3-6-12-21-2/h8-9,15H,3-7,10-13H2,1-2H3,(H,18,20). The minimum atomic E-state index is 0.114. The molecule has 1 amide bonds. The van der Waals surface area contributed by atoms with Gasteiger partial charge >= 0.3 is 0 Å². The fourth-order valence-electron chi connectivity index (χ4n) is 2.93. The number of amides is 1. The van der Waals surface area contributed by atoms with Crippen molar-refractivity contribution >= 4 is 5.91 Å². The summed E-state index contributed by atoms with van der Waals surface area (Å²) in [6.45, 7) is 5.45. The minimum absolute atomic E-state index is 0.114. The first-order valence-corrected chi connectivity index (χ1v) is 8.26. The summed E-state index contributed by atoms with van der Waals surface area (Å²) in [6, 6.07) is 4.17. The molecule has 1 saturated heterocycles. The molecule has 22 heavy (non-hydrogen) atoms. The third kappa shape index (κ3) is 5.14. The van der Waals surface area contributed by atoms with Crippen molar-refractivity contribution in [2.75, 3.05) is 33.4 Å². The van der Waals surface area contributed by atoms with E-state index < -0.39 is 0 Å². The van der Waals surface area contributed by atoms with E-state index in [1.807, 2.05) is 19.1 Å². The highest BCUT2D eigenvalue weighted by molar-refractivity contribution is 5.75. The third-order valence-corrected chi connectivity index (χ3v) is 4.17. The first-order chi connectivity index (χ1) is 10.7. The van der Waals surface area contributed by atoms with Gasteiger partial charge < -0.3 is 14.5 Å². The minimum Gasteiger partial charge on any atom is -0.465 e. The molecule has 0 bridgehead atoms. The Morgan fingerprint density at radius 2 is 2.14 bits per heavy atom. The van der Waals surface area contributed by atoms with Gasteiger partial charge in [0.05, 0.1) is 6.04 Å². The number of hydrogen-bond acceptors (Lipinski definition) is 4. The summed E-state index contributed by atoms with van der Waals surface area (Å²) in [7, 11) is 1.69. The quantitative estimate of drug-likeness (QED) is 0.713. The van der Waals surface area contributed by atoms with Crippen LogP contribution in [0.25, 0.3) is 0 Å². The molecule has 1 aromatic rings. The van der Waals surface area contributed by atoms with Gasteiger partial charge in [-0.25, -0.2) is 0 Å². The Morgan fingerprint density at radius 3 is 2.77 bits per heavy atom. The number of likely N-dealkylation sites (tertiary alicyclic amines) is 1. The van der Waals surface area contributed by atoms with Gasteiger partial charge in [-0.3, -0.25) is 9.69 Å².